The van der Waals surface area contributed by atoms with E-state index in [-0.39, 0.29) is 6.04 Å². The van der Waals surface area contributed by atoms with Crippen LogP contribution in [-0.2, 0) is 4.74 Å². The molecular weight excluding hydrogens is 256 g/mol. The van der Waals surface area contributed by atoms with Crippen LogP contribution in [0.5, 0.6) is 0 Å². The van der Waals surface area contributed by atoms with Gasteiger partial charge < -0.3 is 19.6 Å². The zero-order valence-electron chi connectivity index (χ0n) is 12.6. The Morgan fingerprint density at radius 2 is 1.95 bits per heavy atom. The Balaban J connectivity index is 1.49. The van der Waals surface area contributed by atoms with E-state index in [9.17, 15) is 4.79 Å². The minimum atomic E-state index is -0.819. The van der Waals surface area contributed by atoms with Gasteiger partial charge >= 0.3 is 6.09 Å². The first kappa shape index (κ1) is 15.6. The van der Waals surface area contributed by atoms with Crippen LogP contribution in [0.3, 0.4) is 0 Å². The number of nitrogens with zero attached hydrogens (tertiary/aromatic N) is 2. The van der Waals surface area contributed by atoms with E-state index < -0.39 is 6.09 Å². The summed E-state index contributed by atoms with van der Waals surface area (Å²) in [6.07, 6.45) is 7.12. The second-order valence-corrected chi connectivity index (χ2v) is 6.10. The number of likely N-dealkylation sites (tertiary alicyclic amines) is 1. The summed E-state index contributed by atoms with van der Waals surface area (Å²) in [7, 11) is 1.67. The third-order valence-electron chi connectivity index (χ3n) is 4.66. The number of unbranched alkanes of at least 4 members (excludes halogenated alkanes) is 1. The highest BCUT2D eigenvalue weighted by Gasteiger charge is 2.26. The van der Waals surface area contributed by atoms with Crippen LogP contribution in [0, 0.1) is 0 Å². The summed E-state index contributed by atoms with van der Waals surface area (Å²) < 4.78 is 5.92. The van der Waals surface area contributed by atoms with Gasteiger partial charge in [-0.3, -0.25) is 0 Å². The van der Waals surface area contributed by atoms with E-state index in [0.29, 0.717) is 6.10 Å². The summed E-state index contributed by atoms with van der Waals surface area (Å²) in [4.78, 5) is 14.8. The number of amides is 1. The minimum Gasteiger partial charge on any atom is -0.465 e. The van der Waals surface area contributed by atoms with E-state index in [4.69, 9.17) is 9.84 Å². The van der Waals surface area contributed by atoms with Gasteiger partial charge in [-0.15, -0.1) is 0 Å². The maximum atomic E-state index is 10.9. The van der Waals surface area contributed by atoms with Crippen LogP contribution < -0.4 is 0 Å². The highest BCUT2D eigenvalue weighted by Crippen LogP contribution is 2.24. The van der Waals surface area contributed by atoms with Crippen molar-refractivity contribution in [1.82, 2.24) is 9.80 Å². The van der Waals surface area contributed by atoms with Gasteiger partial charge in [0.1, 0.15) is 0 Å². The van der Waals surface area contributed by atoms with Gasteiger partial charge in [0.25, 0.3) is 0 Å². The number of hydrogen-bond donors (Lipinski definition) is 1. The van der Waals surface area contributed by atoms with Gasteiger partial charge in [0.2, 0.25) is 0 Å². The maximum absolute atomic E-state index is 10.9. The van der Waals surface area contributed by atoms with Crippen LogP contribution in [0.4, 0.5) is 4.79 Å². The SMILES string of the molecule is CN(C(=O)O)C1CCC(OCCCCN2CCC2)CC1. The third-order valence-corrected chi connectivity index (χ3v) is 4.66. The Hall–Kier alpha value is -0.810. The van der Waals surface area contributed by atoms with Crippen LogP contribution in [0.25, 0.3) is 0 Å². The van der Waals surface area contributed by atoms with Gasteiger partial charge in [-0.05, 0) is 64.6 Å². The molecule has 0 spiro atoms. The van der Waals surface area contributed by atoms with Crippen molar-refractivity contribution in [3.05, 3.63) is 0 Å². The quantitative estimate of drug-likeness (QED) is 0.729. The number of ether oxygens (including phenoxy) is 1. The van der Waals surface area contributed by atoms with Gasteiger partial charge in [-0.1, -0.05) is 0 Å². The molecule has 1 amide bonds. The number of carboxylic acid groups (broad SMARTS) is 1. The Kier molecular flexibility index (Phi) is 6.10. The second-order valence-electron chi connectivity index (χ2n) is 6.10. The van der Waals surface area contributed by atoms with Crippen molar-refractivity contribution in [3.8, 4) is 0 Å². The lowest BCUT2D eigenvalue weighted by Gasteiger charge is -2.33. The number of rotatable bonds is 7. The molecule has 5 nitrogen and oxygen atoms in total. The summed E-state index contributed by atoms with van der Waals surface area (Å²) in [5, 5.41) is 8.96. The fourth-order valence-electron chi connectivity index (χ4n) is 3.05. The number of hydrogen-bond acceptors (Lipinski definition) is 3. The second kappa shape index (κ2) is 7.84. The van der Waals surface area contributed by atoms with Crippen molar-refractivity contribution in [1.29, 1.82) is 0 Å². The van der Waals surface area contributed by atoms with E-state index >= 15 is 0 Å². The molecule has 1 heterocycles. The molecule has 2 fully saturated rings. The molecule has 0 aromatic carbocycles. The van der Waals surface area contributed by atoms with Crippen LogP contribution in [-0.4, -0.2) is 66.4 Å². The van der Waals surface area contributed by atoms with E-state index in [1.807, 2.05) is 0 Å². The molecule has 0 radical (unpaired) electrons. The van der Waals surface area contributed by atoms with Crippen LogP contribution in [0.1, 0.15) is 44.9 Å². The predicted molar refractivity (Wildman–Crippen MR) is 78.1 cm³/mol. The van der Waals surface area contributed by atoms with Crippen molar-refractivity contribution in [3.63, 3.8) is 0 Å². The third kappa shape index (κ3) is 4.63. The molecule has 0 aromatic rings. The molecule has 1 aliphatic heterocycles. The van der Waals surface area contributed by atoms with Crippen LogP contribution in [0.2, 0.25) is 0 Å². The normalized spacial score (nSPS) is 27.1. The highest BCUT2D eigenvalue weighted by molar-refractivity contribution is 5.64. The molecule has 1 saturated carbocycles. The van der Waals surface area contributed by atoms with Gasteiger partial charge in [0.15, 0.2) is 0 Å². The standard InChI is InChI=1S/C15H28N2O3/c1-16(15(18)19)13-5-7-14(8-6-13)20-12-3-2-9-17-10-4-11-17/h13-14H,2-12H2,1H3,(H,18,19). The first-order valence-electron chi connectivity index (χ1n) is 7.96. The zero-order chi connectivity index (χ0) is 14.4. The average Bonchev–Trinajstić information content (AvgIpc) is 2.40. The van der Waals surface area contributed by atoms with Gasteiger partial charge in [-0.25, -0.2) is 4.79 Å². The summed E-state index contributed by atoms with van der Waals surface area (Å²) in [5.74, 6) is 0. The monoisotopic (exact) mass is 284 g/mol. The predicted octanol–water partition coefficient (Wildman–Crippen LogP) is 2.41. The largest absolute Gasteiger partial charge is 0.465 e. The molecule has 0 unspecified atom stereocenters. The van der Waals surface area contributed by atoms with E-state index in [1.54, 1.807) is 7.05 Å². The van der Waals surface area contributed by atoms with Gasteiger partial charge in [0, 0.05) is 19.7 Å². The van der Waals surface area contributed by atoms with E-state index in [2.05, 4.69) is 4.90 Å². The lowest BCUT2D eigenvalue weighted by Crippen LogP contribution is -2.40. The molecule has 1 saturated heterocycles. The Morgan fingerprint density at radius 1 is 1.25 bits per heavy atom. The van der Waals surface area contributed by atoms with Crippen LogP contribution in [0.15, 0.2) is 0 Å². The zero-order valence-corrected chi connectivity index (χ0v) is 12.6. The van der Waals surface area contributed by atoms with Gasteiger partial charge in [0.05, 0.1) is 6.10 Å². The summed E-state index contributed by atoms with van der Waals surface area (Å²) in [5.41, 5.74) is 0. The molecule has 1 N–H and O–H groups in total. The smallest absolute Gasteiger partial charge is 0.407 e. The lowest BCUT2D eigenvalue weighted by molar-refractivity contribution is 0.00895. The topological polar surface area (TPSA) is 53.0 Å². The molecule has 1 aliphatic carbocycles. The summed E-state index contributed by atoms with van der Waals surface area (Å²) in [6, 6.07) is 0.179. The summed E-state index contributed by atoms with van der Waals surface area (Å²) >= 11 is 0. The van der Waals surface area contributed by atoms with E-state index in [0.717, 1.165) is 38.7 Å². The highest BCUT2D eigenvalue weighted by atomic mass is 16.5. The fourth-order valence-corrected chi connectivity index (χ4v) is 3.05. The molecule has 0 bridgehead atoms. The Morgan fingerprint density at radius 3 is 2.50 bits per heavy atom. The molecule has 116 valence electrons. The van der Waals surface area contributed by atoms with Crippen molar-refractivity contribution >= 4 is 6.09 Å². The fraction of sp³-hybridized carbons (Fsp3) is 0.933. The molecule has 2 rings (SSSR count). The molecule has 0 aromatic heterocycles. The molecule has 5 heteroatoms. The number of carbonyl (C=O) groups is 1. The maximum Gasteiger partial charge on any atom is 0.407 e. The Bertz CT molecular complexity index is 299. The summed E-state index contributed by atoms with van der Waals surface area (Å²) in [6.45, 7) is 4.64. The van der Waals surface area contributed by atoms with Gasteiger partial charge in [-0.2, -0.15) is 0 Å². The van der Waals surface area contributed by atoms with Crippen molar-refractivity contribution < 1.29 is 14.6 Å². The van der Waals surface area contributed by atoms with E-state index in [1.165, 1.54) is 37.4 Å². The first-order chi connectivity index (χ1) is 9.66. The molecule has 0 atom stereocenters. The first-order valence-corrected chi connectivity index (χ1v) is 7.96. The molecule has 20 heavy (non-hydrogen) atoms. The average molecular weight is 284 g/mol. The minimum absolute atomic E-state index is 0.179. The lowest BCUT2D eigenvalue weighted by atomic mass is 9.92. The van der Waals surface area contributed by atoms with Crippen molar-refractivity contribution in [2.75, 3.05) is 33.3 Å². The molecule has 2 aliphatic rings. The van der Waals surface area contributed by atoms with Crippen LogP contribution >= 0.6 is 0 Å². The molecular formula is C15H28N2O3. The van der Waals surface area contributed by atoms with Crippen molar-refractivity contribution in [2.45, 2.75) is 57.1 Å². The van der Waals surface area contributed by atoms with Crippen molar-refractivity contribution in [2.24, 2.45) is 0 Å². The Labute approximate surface area is 121 Å².